The van der Waals surface area contributed by atoms with Gasteiger partial charge in [-0.3, -0.25) is 14.5 Å². The van der Waals surface area contributed by atoms with Crippen LogP contribution >= 0.6 is 23.2 Å². The average molecular weight is 779 g/mol. The van der Waals surface area contributed by atoms with Crippen LogP contribution in [0.1, 0.15) is 22.3 Å². The van der Waals surface area contributed by atoms with E-state index in [4.69, 9.17) is 47.6 Å². The van der Waals surface area contributed by atoms with E-state index in [1.165, 1.54) is 17.8 Å². The number of piperazine rings is 1. The van der Waals surface area contributed by atoms with Crippen LogP contribution in [0.4, 0.5) is 11.4 Å². The first-order chi connectivity index (χ1) is 26.0. The highest BCUT2D eigenvalue weighted by atomic mass is 35.5. The smallest absolute Gasteiger partial charge is 0.328 e. The number of carbonyl (C=O) groups is 4. The number of carboxylic acids is 2. The van der Waals surface area contributed by atoms with Gasteiger partial charge in [-0.25, -0.2) is 14.6 Å². The fourth-order valence-electron chi connectivity index (χ4n) is 5.33. The highest BCUT2D eigenvalue weighted by molar-refractivity contribution is 6.42. The summed E-state index contributed by atoms with van der Waals surface area (Å²) in [7, 11) is 0. The van der Waals surface area contributed by atoms with E-state index >= 15 is 0 Å². The van der Waals surface area contributed by atoms with E-state index in [9.17, 15) is 19.2 Å². The van der Waals surface area contributed by atoms with E-state index in [0.717, 1.165) is 36.8 Å². The van der Waals surface area contributed by atoms with E-state index in [1.54, 1.807) is 24.3 Å². The summed E-state index contributed by atoms with van der Waals surface area (Å²) in [4.78, 5) is 53.0. The molecule has 4 N–H and O–H groups in total. The molecule has 1 saturated heterocycles. The van der Waals surface area contributed by atoms with Crippen LogP contribution < -0.4 is 24.8 Å². The SMILES string of the molecule is O=C(Nc1ccc(Oc2ccc(NCCC(=O)N3CCN(Cc4ccc5c(c4)OCCO5)CC3)cc2)nc1)c1ccc(Cl)c(Cl)c1.O=C(O)C=CC(=O)O. The molecule has 0 saturated carbocycles. The number of aliphatic carboxylic acids is 2. The fraction of sp³-hybridized carbons (Fsp3) is 0.237. The fourth-order valence-corrected chi connectivity index (χ4v) is 5.63. The molecule has 0 unspecified atom stereocenters. The Labute approximate surface area is 320 Å². The van der Waals surface area contributed by atoms with Gasteiger partial charge in [0.05, 0.1) is 21.9 Å². The van der Waals surface area contributed by atoms with Crippen molar-refractivity contribution in [3.05, 3.63) is 112 Å². The molecular weight excluding hydrogens is 741 g/mol. The molecule has 0 radical (unpaired) electrons. The molecule has 0 aliphatic carbocycles. The zero-order valence-corrected chi connectivity index (χ0v) is 30.4. The third-order valence-electron chi connectivity index (χ3n) is 8.03. The average Bonchev–Trinajstić information content (AvgIpc) is 3.17. The molecule has 6 rings (SSSR count). The number of nitrogens with zero attached hydrogens (tertiary/aromatic N) is 3. The second-order valence-corrected chi connectivity index (χ2v) is 12.7. The number of benzene rings is 3. The predicted octanol–water partition coefficient (Wildman–Crippen LogP) is 6.06. The van der Waals surface area contributed by atoms with Gasteiger partial charge in [0.25, 0.3) is 5.91 Å². The Kier molecular flexibility index (Phi) is 14.1. The first-order valence-electron chi connectivity index (χ1n) is 16.8. The lowest BCUT2D eigenvalue weighted by Crippen LogP contribution is -2.48. The molecule has 1 fully saturated rings. The zero-order chi connectivity index (χ0) is 38.5. The first-order valence-corrected chi connectivity index (χ1v) is 17.5. The van der Waals surface area contributed by atoms with Crippen LogP contribution in [0.2, 0.25) is 10.0 Å². The summed E-state index contributed by atoms with van der Waals surface area (Å²) in [6, 6.07) is 21.6. The summed E-state index contributed by atoms with van der Waals surface area (Å²) in [5.41, 5.74) is 2.96. The number of hydrogen-bond donors (Lipinski definition) is 4. The summed E-state index contributed by atoms with van der Waals surface area (Å²) in [6.07, 6.45) is 3.04. The highest BCUT2D eigenvalue weighted by Crippen LogP contribution is 2.31. The number of amides is 2. The minimum absolute atomic E-state index is 0.147. The van der Waals surface area contributed by atoms with Crippen molar-refractivity contribution in [3.63, 3.8) is 0 Å². The Hall–Kier alpha value is -5.83. The van der Waals surface area contributed by atoms with Gasteiger partial charge in [-0.1, -0.05) is 29.3 Å². The van der Waals surface area contributed by atoms with Crippen molar-refractivity contribution in [1.29, 1.82) is 0 Å². The third kappa shape index (κ3) is 12.1. The second kappa shape index (κ2) is 19.3. The Morgan fingerprint density at radius 2 is 1.48 bits per heavy atom. The van der Waals surface area contributed by atoms with Gasteiger partial charge in [0.1, 0.15) is 19.0 Å². The van der Waals surface area contributed by atoms with Crippen LogP contribution in [-0.4, -0.2) is 94.7 Å². The number of nitrogens with one attached hydrogen (secondary N) is 2. The van der Waals surface area contributed by atoms with Crippen LogP contribution in [0.3, 0.4) is 0 Å². The number of anilines is 2. The Morgan fingerprint density at radius 1 is 0.796 bits per heavy atom. The van der Waals surface area contributed by atoms with E-state index in [2.05, 4.69) is 32.7 Å². The molecule has 1 aromatic heterocycles. The Morgan fingerprint density at radius 3 is 2.13 bits per heavy atom. The number of ether oxygens (including phenoxy) is 3. The maximum absolute atomic E-state index is 12.8. The lowest BCUT2D eigenvalue weighted by molar-refractivity contribution is -0.134. The van der Waals surface area contributed by atoms with Crippen molar-refractivity contribution in [1.82, 2.24) is 14.8 Å². The molecule has 54 heavy (non-hydrogen) atoms. The van der Waals surface area contributed by atoms with Crippen molar-refractivity contribution in [2.45, 2.75) is 13.0 Å². The van der Waals surface area contributed by atoms with E-state index < -0.39 is 11.9 Å². The predicted molar refractivity (Wildman–Crippen MR) is 202 cm³/mol. The summed E-state index contributed by atoms with van der Waals surface area (Å²) in [5, 5.41) is 22.4. The number of pyridine rings is 1. The largest absolute Gasteiger partial charge is 0.486 e. The number of hydrogen-bond acceptors (Lipinski definition) is 10. The molecule has 2 aliphatic rings. The van der Waals surface area contributed by atoms with Crippen molar-refractivity contribution in [3.8, 4) is 23.1 Å². The van der Waals surface area contributed by atoms with Crippen LogP contribution in [0.5, 0.6) is 23.1 Å². The van der Waals surface area contributed by atoms with Gasteiger partial charge in [0, 0.05) is 75.2 Å². The lowest BCUT2D eigenvalue weighted by atomic mass is 10.1. The summed E-state index contributed by atoms with van der Waals surface area (Å²) in [6.45, 7) is 5.62. The number of rotatable bonds is 12. The number of carboxylic acid groups (broad SMARTS) is 2. The van der Waals surface area contributed by atoms with Gasteiger partial charge in [-0.15, -0.1) is 0 Å². The van der Waals surface area contributed by atoms with Gasteiger partial charge < -0.3 is 40.0 Å². The van der Waals surface area contributed by atoms with Gasteiger partial charge >= 0.3 is 11.9 Å². The molecule has 2 aliphatic heterocycles. The maximum atomic E-state index is 12.8. The minimum atomic E-state index is -1.26. The Balaban J connectivity index is 0.000000631. The van der Waals surface area contributed by atoms with E-state index in [-0.39, 0.29) is 11.8 Å². The summed E-state index contributed by atoms with van der Waals surface area (Å²) < 4.78 is 17.2. The number of halogens is 2. The standard InChI is InChI=1S/C34H33Cl2N5O5.C4H4O4/c35-28-8-2-24(20-29(28)36)34(43)39-26-5-10-32(38-21-26)46-27-6-3-25(4-7-27)37-12-11-33(42)41-15-13-40(14-16-41)22-23-1-9-30-31(19-23)45-18-17-44-30;5-3(6)1-2-4(7)8/h1-10,19-21,37H,11-18,22H2,(H,39,43);1-2H,(H,5,6)(H,7,8). The molecule has 0 atom stereocenters. The van der Waals surface area contributed by atoms with Crippen LogP contribution in [0, 0.1) is 0 Å². The van der Waals surface area contributed by atoms with Gasteiger partial charge in [0.2, 0.25) is 11.8 Å². The van der Waals surface area contributed by atoms with Crippen LogP contribution in [0.15, 0.2) is 91.1 Å². The van der Waals surface area contributed by atoms with Gasteiger partial charge in [0.15, 0.2) is 11.5 Å². The minimum Gasteiger partial charge on any atom is -0.486 e. The molecular formula is C38H37Cl2N5O9. The molecule has 3 aromatic carbocycles. The first kappa shape index (κ1) is 39.4. The molecule has 3 heterocycles. The normalized spacial score (nSPS) is 13.7. The summed E-state index contributed by atoms with van der Waals surface area (Å²) in [5.74, 6) is -0.101. The molecule has 0 bridgehead atoms. The van der Waals surface area contributed by atoms with Gasteiger partial charge in [-0.05, 0) is 66.2 Å². The van der Waals surface area contributed by atoms with E-state index in [1.807, 2.05) is 35.2 Å². The maximum Gasteiger partial charge on any atom is 0.328 e. The van der Waals surface area contributed by atoms with E-state index in [0.29, 0.717) is 84.3 Å². The summed E-state index contributed by atoms with van der Waals surface area (Å²) >= 11 is 11.9. The highest BCUT2D eigenvalue weighted by Gasteiger charge is 2.21. The zero-order valence-electron chi connectivity index (χ0n) is 28.9. The molecule has 0 spiro atoms. The number of aromatic nitrogens is 1. The third-order valence-corrected chi connectivity index (χ3v) is 8.77. The number of carbonyl (C=O) groups excluding carboxylic acids is 2. The molecule has 2 amide bonds. The molecule has 16 heteroatoms. The Bertz CT molecular complexity index is 1950. The quantitative estimate of drug-likeness (QED) is 0.122. The second-order valence-electron chi connectivity index (χ2n) is 11.9. The molecule has 14 nitrogen and oxygen atoms in total. The number of fused-ring (bicyclic) bond motifs is 1. The van der Waals surface area contributed by atoms with Crippen molar-refractivity contribution in [2.75, 3.05) is 56.6 Å². The monoisotopic (exact) mass is 777 g/mol. The van der Waals surface area contributed by atoms with Crippen molar-refractivity contribution in [2.24, 2.45) is 0 Å². The lowest BCUT2D eigenvalue weighted by Gasteiger charge is -2.35. The topological polar surface area (TPSA) is 180 Å². The molecule has 282 valence electrons. The van der Waals surface area contributed by atoms with Crippen molar-refractivity contribution >= 4 is 58.3 Å². The van der Waals surface area contributed by atoms with Crippen LogP contribution in [-0.2, 0) is 20.9 Å². The molecule has 4 aromatic rings. The van der Waals surface area contributed by atoms with Gasteiger partial charge in [-0.2, -0.15) is 0 Å². The van der Waals surface area contributed by atoms with Crippen LogP contribution in [0.25, 0.3) is 0 Å². The van der Waals surface area contributed by atoms with Crippen molar-refractivity contribution < 1.29 is 43.6 Å².